The number of esters is 1. The number of pyridine rings is 1. The lowest BCUT2D eigenvalue weighted by Crippen LogP contribution is -2.53. The number of aryl methyl sites for hydroxylation is 1. The number of alkyl halides is 1. The zero-order valence-corrected chi connectivity index (χ0v) is 18.5. The van der Waals surface area contributed by atoms with Gasteiger partial charge in [0.05, 0.1) is 23.3 Å². The Morgan fingerprint density at radius 2 is 2.24 bits per heavy atom. The van der Waals surface area contributed by atoms with Crippen LogP contribution in [-0.4, -0.2) is 58.7 Å². The van der Waals surface area contributed by atoms with Crippen LogP contribution in [0.15, 0.2) is 24.4 Å². The third-order valence-corrected chi connectivity index (χ3v) is 6.40. The number of fused-ring (bicyclic) bond motifs is 1. The van der Waals surface area contributed by atoms with Crippen molar-refractivity contribution in [3.05, 3.63) is 63.5 Å². The number of piperidine rings is 1. The minimum absolute atomic E-state index is 0.0768. The van der Waals surface area contributed by atoms with Crippen LogP contribution in [0.25, 0.3) is 0 Å². The number of hydrogen-bond acceptors (Lipinski definition) is 7. The lowest BCUT2D eigenvalue weighted by atomic mass is 9.94. The van der Waals surface area contributed by atoms with Crippen molar-refractivity contribution >= 4 is 11.9 Å². The van der Waals surface area contributed by atoms with Crippen LogP contribution in [0.1, 0.15) is 61.2 Å². The Morgan fingerprint density at radius 1 is 1.45 bits per heavy atom. The first-order chi connectivity index (χ1) is 15.8. The van der Waals surface area contributed by atoms with Crippen LogP contribution < -0.4 is 5.32 Å². The van der Waals surface area contributed by atoms with Gasteiger partial charge in [0.15, 0.2) is 0 Å². The molecule has 1 aromatic heterocycles. The maximum atomic E-state index is 14.9. The Kier molecular flexibility index (Phi) is 6.40. The SMILES string of the molecule is Cc1cc(C(=O)N[C@@H]2CCN(C[C@H](O)c3ccc4c(c3C)COC4=O)C[C@@H]2F)ncc1C#N. The number of rotatable bonds is 5. The highest BCUT2D eigenvalue weighted by Gasteiger charge is 2.32. The number of nitrogens with one attached hydrogen (secondary N) is 1. The molecule has 1 fully saturated rings. The maximum absolute atomic E-state index is 14.9. The summed E-state index contributed by atoms with van der Waals surface area (Å²) in [6.45, 7) is 4.59. The number of carbonyl (C=O) groups excluding carboxylic acids is 2. The van der Waals surface area contributed by atoms with E-state index in [2.05, 4.69) is 10.3 Å². The minimum atomic E-state index is -1.30. The van der Waals surface area contributed by atoms with E-state index >= 15 is 0 Å². The van der Waals surface area contributed by atoms with Gasteiger partial charge in [-0.3, -0.25) is 9.69 Å². The molecule has 0 radical (unpaired) electrons. The van der Waals surface area contributed by atoms with Crippen LogP contribution in [-0.2, 0) is 11.3 Å². The molecule has 0 bridgehead atoms. The number of carbonyl (C=O) groups is 2. The number of nitrogens with zero attached hydrogens (tertiary/aromatic N) is 3. The Hall–Kier alpha value is -3.35. The Bertz CT molecular complexity index is 1150. The van der Waals surface area contributed by atoms with E-state index in [1.54, 1.807) is 19.1 Å². The number of amides is 1. The number of hydrogen-bond donors (Lipinski definition) is 2. The van der Waals surface area contributed by atoms with Crippen LogP contribution in [0.3, 0.4) is 0 Å². The Balaban J connectivity index is 1.35. The van der Waals surface area contributed by atoms with Gasteiger partial charge in [0, 0.05) is 31.4 Å². The molecular weight excluding hydrogens is 427 g/mol. The van der Waals surface area contributed by atoms with E-state index in [1.807, 2.05) is 17.9 Å². The molecule has 172 valence electrons. The molecule has 2 N–H and O–H groups in total. The summed E-state index contributed by atoms with van der Waals surface area (Å²) in [5.74, 6) is -0.834. The lowest BCUT2D eigenvalue weighted by molar-refractivity contribution is 0.0526. The van der Waals surface area contributed by atoms with Crippen LogP contribution >= 0.6 is 0 Å². The third kappa shape index (κ3) is 4.58. The van der Waals surface area contributed by atoms with Crippen LogP contribution in [0, 0.1) is 25.2 Å². The molecule has 1 saturated heterocycles. The highest BCUT2D eigenvalue weighted by molar-refractivity contribution is 5.94. The van der Waals surface area contributed by atoms with Crippen molar-refractivity contribution in [1.29, 1.82) is 5.26 Å². The number of likely N-dealkylation sites (tertiary alicyclic amines) is 1. The number of ether oxygens (including phenoxy) is 1. The summed E-state index contributed by atoms with van der Waals surface area (Å²) < 4.78 is 19.9. The van der Waals surface area contributed by atoms with Gasteiger partial charge in [-0.15, -0.1) is 0 Å². The van der Waals surface area contributed by atoms with E-state index < -0.39 is 24.2 Å². The first-order valence-electron chi connectivity index (χ1n) is 10.8. The number of nitriles is 1. The Morgan fingerprint density at radius 3 is 2.94 bits per heavy atom. The van der Waals surface area contributed by atoms with Crippen LogP contribution in [0.4, 0.5) is 4.39 Å². The molecule has 3 heterocycles. The van der Waals surface area contributed by atoms with Gasteiger partial charge in [-0.1, -0.05) is 6.07 Å². The summed E-state index contributed by atoms with van der Waals surface area (Å²) in [5, 5.41) is 22.5. The number of β-amino-alcohol motifs (C(OH)–C–C–N with tert-alkyl or cyclic N) is 1. The molecule has 1 amide bonds. The van der Waals surface area contributed by atoms with E-state index in [0.717, 1.165) is 11.1 Å². The highest BCUT2D eigenvalue weighted by Crippen LogP contribution is 2.30. The van der Waals surface area contributed by atoms with Gasteiger partial charge in [-0.2, -0.15) is 5.26 Å². The fraction of sp³-hybridized carbons (Fsp3) is 0.417. The molecule has 33 heavy (non-hydrogen) atoms. The second-order valence-corrected chi connectivity index (χ2v) is 8.54. The monoisotopic (exact) mass is 452 g/mol. The normalized spacial score (nSPS) is 21.1. The molecule has 2 aromatic rings. The van der Waals surface area contributed by atoms with Gasteiger partial charge < -0.3 is 15.2 Å². The van der Waals surface area contributed by atoms with E-state index in [9.17, 15) is 19.1 Å². The molecule has 3 atom stereocenters. The number of benzene rings is 1. The number of aliphatic hydroxyl groups is 1. The number of halogens is 1. The summed E-state index contributed by atoms with van der Waals surface area (Å²) in [7, 11) is 0. The average molecular weight is 452 g/mol. The molecule has 9 heteroatoms. The maximum Gasteiger partial charge on any atom is 0.338 e. The van der Waals surface area contributed by atoms with Crippen molar-refractivity contribution in [2.24, 2.45) is 0 Å². The van der Waals surface area contributed by atoms with Crippen LogP contribution in [0.2, 0.25) is 0 Å². The second kappa shape index (κ2) is 9.25. The Labute approximate surface area is 191 Å². The number of aliphatic hydroxyl groups excluding tert-OH is 1. The molecule has 2 aliphatic rings. The molecule has 0 spiro atoms. The van der Waals surface area contributed by atoms with E-state index in [4.69, 9.17) is 10.00 Å². The fourth-order valence-electron chi connectivity index (χ4n) is 4.41. The van der Waals surface area contributed by atoms with Crippen LogP contribution in [0.5, 0.6) is 0 Å². The third-order valence-electron chi connectivity index (χ3n) is 6.40. The van der Waals surface area contributed by atoms with Crippen molar-refractivity contribution in [2.75, 3.05) is 19.6 Å². The number of aromatic nitrogens is 1. The molecule has 1 aromatic carbocycles. The topological polar surface area (TPSA) is 116 Å². The first-order valence-corrected chi connectivity index (χ1v) is 10.8. The smallest absolute Gasteiger partial charge is 0.338 e. The molecule has 2 aliphatic heterocycles. The fourth-order valence-corrected chi connectivity index (χ4v) is 4.41. The summed E-state index contributed by atoms with van der Waals surface area (Å²) in [4.78, 5) is 30.0. The largest absolute Gasteiger partial charge is 0.457 e. The molecule has 4 rings (SSSR count). The zero-order chi connectivity index (χ0) is 23.7. The lowest BCUT2D eigenvalue weighted by Gasteiger charge is -2.36. The molecule has 0 unspecified atom stereocenters. The quantitative estimate of drug-likeness (QED) is 0.668. The molecule has 0 aliphatic carbocycles. The number of cyclic esters (lactones) is 1. The van der Waals surface area contributed by atoms with Crippen molar-refractivity contribution in [2.45, 2.75) is 45.2 Å². The van der Waals surface area contributed by atoms with Gasteiger partial charge in [0.2, 0.25) is 0 Å². The summed E-state index contributed by atoms with van der Waals surface area (Å²) in [6, 6.07) is 6.24. The zero-order valence-electron chi connectivity index (χ0n) is 18.5. The first kappa shape index (κ1) is 22.8. The van der Waals surface area contributed by atoms with E-state index in [1.165, 1.54) is 12.3 Å². The summed E-state index contributed by atoms with van der Waals surface area (Å²) in [5.41, 5.74) is 3.99. The van der Waals surface area contributed by atoms with Crippen molar-refractivity contribution in [3.8, 4) is 6.07 Å². The second-order valence-electron chi connectivity index (χ2n) is 8.54. The standard InChI is InChI=1S/C24H25FN4O4/c1-13-7-21(27-9-15(13)8-26)23(31)28-20-5-6-29(10-19(20)25)11-22(30)16-3-4-17-18(14(16)2)12-33-24(17)32/h3-4,7,9,19-20,22,30H,5-6,10-12H2,1-2H3,(H,28,31)/t19-,20+,22-/m0/s1. The van der Waals surface area contributed by atoms with Gasteiger partial charge >= 0.3 is 5.97 Å². The van der Waals surface area contributed by atoms with Crippen molar-refractivity contribution < 1.29 is 23.8 Å². The molecule has 8 nitrogen and oxygen atoms in total. The van der Waals surface area contributed by atoms with Gasteiger partial charge in [-0.05, 0) is 49.1 Å². The van der Waals surface area contributed by atoms with E-state index in [-0.39, 0.29) is 31.4 Å². The highest BCUT2D eigenvalue weighted by atomic mass is 19.1. The summed E-state index contributed by atoms with van der Waals surface area (Å²) >= 11 is 0. The average Bonchev–Trinajstić information content (AvgIpc) is 3.17. The van der Waals surface area contributed by atoms with Gasteiger partial charge in [0.25, 0.3) is 5.91 Å². The predicted molar refractivity (Wildman–Crippen MR) is 116 cm³/mol. The predicted octanol–water partition coefficient (Wildman–Crippen LogP) is 2.12. The van der Waals surface area contributed by atoms with E-state index in [0.29, 0.717) is 35.2 Å². The van der Waals surface area contributed by atoms with Gasteiger partial charge in [-0.25, -0.2) is 14.2 Å². The molecule has 0 saturated carbocycles. The molecular formula is C24H25FN4O4. The van der Waals surface area contributed by atoms with Crippen molar-refractivity contribution in [3.63, 3.8) is 0 Å². The minimum Gasteiger partial charge on any atom is -0.457 e. The van der Waals surface area contributed by atoms with Gasteiger partial charge in [0.1, 0.15) is 24.5 Å². The summed E-state index contributed by atoms with van der Waals surface area (Å²) in [6.07, 6.45) is -0.415. The van der Waals surface area contributed by atoms with Crippen molar-refractivity contribution in [1.82, 2.24) is 15.2 Å².